The minimum Gasteiger partial charge on any atom is -0.496 e. The summed E-state index contributed by atoms with van der Waals surface area (Å²) in [6.45, 7) is 2.63. The number of nitrogen functional groups attached to an aromatic ring is 1. The lowest BCUT2D eigenvalue weighted by atomic mass is 10.1. The smallest absolute Gasteiger partial charge is 0.125 e. The van der Waals surface area contributed by atoms with Crippen LogP contribution in [0.4, 0.5) is 5.69 Å². The molecule has 5 heteroatoms. The summed E-state index contributed by atoms with van der Waals surface area (Å²) in [5, 5.41) is 8.59. The van der Waals surface area contributed by atoms with E-state index >= 15 is 0 Å². The number of ether oxygens (including phenoxy) is 2. The molecule has 0 spiro atoms. The third-order valence-electron chi connectivity index (χ3n) is 2.60. The quantitative estimate of drug-likeness (QED) is 0.528. The Morgan fingerprint density at radius 3 is 2.78 bits per heavy atom. The maximum Gasteiger partial charge on any atom is 0.125 e. The SMILES string of the molecule is COc1cc(N)ccc1CN(C)CCOCCO. The monoisotopic (exact) mass is 254 g/mol. The summed E-state index contributed by atoms with van der Waals surface area (Å²) >= 11 is 0. The first-order valence-electron chi connectivity index (χ1n) is 5.97. The van der Waals surface area contributed by atoms with Crippen LogP contribution >= 0.6 is 0 Å². The van der Waals surface area contributed by atoms with Crippen LogP contribution in [0, 0.1) is 0 Å². The highest BCUT2D eigenvalue weighted by Gasteiger charge is 2.06. The Hall–Kier alpha value is -1.30. The van der Waals surface area contributed by atoms with E-state index in [0.717, 1.165) is 24.4 Å². The number of methoxy groups -OCH3 is 1. The average Bonchev–Trinajstić information content (AvgIpc) is 2.37. The van der Waals surface area contributed by atoms with Crippen molar-refractivity contribution in [3.8, 4) is 5.75 Å². The van der Waals surface area contributed by atoms with E-state index in [4.69, 9.17) is 20.3 Å². The van der Waals surface area contributed by atoms with E-state index in [-0.39, 0.29) is 6.61 Å². The molecule has 3 N–H and O–H groups in total. The highest BCUT2D eigenvalue weighted by molar-refractivity contribution is 5.48. The predicted octanol–water partition coefficient (Wildman–Crippen LogP) is 0.718. The first kappa shape index (κ1) is 14.8. The van der Waals surface area contributed by atoms with Crippen molar-refractivity contribution in [3.63, 3.8) is 0 Å². The van der Waals surface area contributed by atoms with Crippen molar-refractivity contribution < 1.29 is 14.6 Å². The molecule has 0 saturated carbocycles. The second-order valence-electron chi connectivity index (χ2n) is 4.15. The van der Waals surface area contributed by atoms with Gasteiger partial charge in [0.2, 0.25) is 0 Å². The minimum atomic E-state index is 0.0650. The van der Waals surface area contributed by atoms with Crippen LogP contribution in [0.3, 0.4) is 0 Å². The fourth-order valence-electron chi connectivity index (χ4n) is 1.65. The van der Waals surface area contributed by atoms with Crippen LogP contribution in [0.1, 0.15) is 5.56 Å². The summed E-state index contributed by atoms with van der Waals surface area (Å²) in [6.07, 6.45) is 0. The number of benzene rings is 1. The zero-order chi connectivity index (χ0) is 13.4. The lowest BCUT2D eigenvalue weighted by Crippen LogP contribution is -2.23. The normalized spacial score (nSPS) is 10.9. The van der Waals surface area contributed by atoms with Crippen molar-refractivity contribution >= 4 is 5.69 Å². The number of hydrogen-bond donors (Lipinski definition) is 2. The van der Waals surface area contributed by atoms with Crippen molar-refractivity contribution in [2.45, 2.75) is 6.54 Å². The molecule has 0 radical (unpaired) electrons. The number of hydrogen-bond acceptors (Lipinski definition) is 5. The van der Waals surface area contributed by atoms with Crippen molar-refractivity contribution in [1.82, 2.24) is 4.90 Å². The molecule has 0 saturated heterocycles. The van der Waals surface area contributed by atoms with E-state index in [0.29, 0.717) is 18.9 Å². The predicted molar refractivity (Wildman–Crippen MR) is 71.6 cm³/mol. The molecule has 0 bridgehead atoms. The lowest BCUT2D eigenvalue weighted by Gasteiger charge is -2.18. The summed E-state index contributed by atoms with van der Waals surface area (Å²) in [6, 6.07) is 5.67. The summed E-state index contributed by atoms with van der Waals surface area (Å²) < 4.78 is 10.5. The van der Waals surface area contributed by atoms with Crippen LogP contribution in [0.5, 0.6) is 5.75 Å². The fourth-order valence-corrected chi connectivity index (χ4v) is 1.65. The van der Waals surface area contributed by atoms with Crippen molar-refractivity contribution in [3.05, 3.63) is 23.8 Å². The Morgan fingerprint density at radius 2 is 2.11 bits per heavy atom. The molecule has 0 heterocycles. The highest BCUT2D eigenvalue weighted by atomic mass is 16.5. The number of aliphatic hydroxyl groups excluding tert-OH is 1. The summed E-state index contributed by atoms with van der Waals surface area (Å²) in [4.78, 5) is 2.13. The molecular weight excluding hydrogens is 232 g/mol. The summed E-state index contributed by atoms with van der Waals surface area (Å²) in [5.41, 5.74) is 7.50. The van der Waals surface area contributed by atoms with Gasteiger partial charge >= 0.3 is 0 Å². The van der Waals surface area contributed by atoms with Crippen molar-refractivity contribution in [2.75, 3.05) is 46.3 Å². The number of anilines is 1. The van der Waals surface area contributed by atoms with Gasteiger partial charge in [0.05, 0.1) is 26.9 Å². The third-order valence-corrected chi connectivity index (χ3v) is 2.60. The van der Waals surface area contributed by atoms with Gasteiger partial charge in [0.1, 0.15) is 5.75 Å². The van der Waals surface area contributed by atoms with Gasteiger partial charge < -0.3 is 20.3 Å². The lowest BCUT2D eigenvalue weighted by molar-refractivity contribution is 0.0772. The molecule has 0 amide bonds. The first-order valence-corrected chi connectivity index (χ1v) is 5.97. The van der Waals surface area contributed by atoms with Crippen LogP contribution in [-0.4, -0.2) is 50.5 Å². The Labute approximate surface area is 108 Å². The molecule has 1 aromatic carbocycles. The molecule has 0 aromatic heterocycles. The van der Waals surface area contributed by atoms with Crippen molar-refractivity contribution in [1.29, 1.82) is 0 Å². The summed E-state index contributed by atoms with van der Waals surface area (Å²) in [7, 11) is 3.65. The van der Waals surface area contributed by atoms with Crippen LogP contribution in [0.2, 0.25) is 0 Å². The Morgan fingerprint density at radius 1 is 1.33 bits per heavy atom. The third kappa shape index (κ3) is 4.91. The van der Waals surface area contributed by atoms with Crippen molar-refractivity contribution in [2.24, 2.45) is 0 Å². The van der Waals surface area contributed by atoms with Gasteiger partial charge in [-0.25, -0.2) is 0 Å². The minimum absolute atomic E-state index is 0.0650. The molecule has 0 atom stereocenters. The van der Waals surface area contributed by atoms with Crippen LogP contribution in [0.25, 0.3) is 0 Å². The molecule has 18 heavy (non-hydrogen) atoms. The number of nitrogens with zero attached hydrogens (tertiary/aromatic N) is 1. The maximum absolute atomic E-state index is 8.59. The summed E-state index contributed by atoms with van der Waals surface area (Å²) in [5.74, 6) is 0.804. The Balaban J connectivity index is 2.45. The Bertz CT molecular complexity index is 358. The standard InChI is InChI=1S/C13H22N2O3/c1-15(5-7-18-8-6-16)10-11-3-4-12(14)9-13(11)17-2/h3-4,9,16H,5-8,10,14H2,1-2H3. The average molecular weight is 254 g/mol. The van der Waals surface area contributed by atoms with E-state index in [1.165, 1.54) is 0 Å². The first-order chi connectivity index (χ1) is 8.67. The molecule has 5 nitrogen and oxygen atoms in total. The van der Waals surface area contributed by atoms with Gasteiger partial charge in [0.25, 0.3) is 0 Å². The van der Waals surface area contributed by atoms with Crippen LogP contribution in [-0.2, 0) is 11.3 Å². The van der Waals surface area contributed by atoms with E-state index in [9.17, 15) is 0 Å². The van der Waals surface area contributed by atoms with E-state index in [1.807, 2.05) is 25.2 Å². The topological polar surface area (TPSA) is 68.0 Å². The second-order valence-corrected chi connectivity index (χ2v) is 4.15. The number of rotatable bonds is 8. The number of nitrogens with two attached hydrogens (primary N) is 1. The van der Waals surface area contributed by atoms with Gasteiger partial charge in [-0.3, -0.25) is 4.90 Å². The maximum atomic E-state index is 8.59. The van der Waals surface area contributed by atoms with Gasteiger partial charge in [0, 0.05) is 30.4 Å². The fraction of sp³-hybridized carbons (Fsp3) is 0.538. The molecule has 1 aromatic rings. The van der Waals surface area contributed by atoms with Gasteiger partial charge in [0.15, 0.2) is 0 Å². The molecule has 0 aliphatic carbocycles. The molecule has 1 rings (SSSR count). The number of likely N-dealkylation sites (N-methyl/N-ethyl adjacent to an activating group) is 1. The van der Waals surface area contributed by atoms with Gasteiger partial charge in [-0.1, -0.05) is 6.07 Å². The Kier molecular flexibility index (Phi) is 6.49. The molecule has 102 valence electrons. The van der Waals surface area contributed by atoms with Gasteiger partial charge in [-0.05, 0) is 13.1 Å². The van der Waals surface area contributed by atoms with Gasteiger partial charge in [-0.15, -0.1) is 0 Å². The van der Waals surface area contributed by atoms with E-state index in [2.05, 4.69) is 4.90 Å². The molecule has 0 aliphatic rings. The molecule has 0 unspecified atom stereocenters. The second kappa shape index (κ2) is 7.92. The van der Waals surface area contributed by atoms with Crippen LogP contribution < -0.4 is 10.5 Å². The van der Waals surface area contributed by atoms with E-state index < -0.39 is 0 Å². The largest absolute Gasteiger partial charge is 0.496 e. The molecule has 0 aliphatic heterocycles. The van der Waals surface area contributed by atoms with E-state index in [1.54, 1.807) is 7.11 Å². The zero-order valence-electron chi connectivity index (χ0n) is 11.1. The zero-order valence-corrected chi connectivity index (χ0v) is 11.1. The highest BCUT2D eigenvalue weighted by Crippen LogP contribution is 2.22. The molecular formula is C13H22N2O3. The van der Waals surface area contributed by atoms with Gasteiger partial charge in [-0.2, -0.15) is 0 Å². The van der Waals surface area contributed by atoms with Crippen LogP contribution in [0.15, 0.2) is 18.2 Å². The number of aliphatic hydroxyl groups is 1. The molecule has 0 fully saturated rings.